The highest BCUT2D eigenvalue weighted by atomic mass is 35.5. The van der Waals surface area contributed by atoms with Gasteiger partial charge in [0.25, 0.3) is 5.91 Å². The molecule has 3 aromatic rings. The van der Waals surface area contributed by atoms with E-state index >= 15 is 0 Å². The number of hydrogen-bond donors (Lipinski definition) is 2. The van der Waals surface area contributed by atoms with E-state index < -0.39 is 0 Å². The maximum Gasteiger partial charge on any atom is 0.281 e. The summed E-state index contributed by atoms with van der Waals surface area (Å²) in [4.78, 5) is 22.3. The average molecular weight is 518 g/mol. The predicted molar refractivity (Wildman–Crippen MR) is 148 cm³/mol. The Bertz CT molecular complexity index is 1300. The molecule has 0 bridgehead atoms. The highest BCUT2D eigenvalue weighted by Gasteiger charge is 2.22. The maximum absolute atomic E-state index is 12.7. The van der Waals surface area contributed by atoms with Crippen molar-refractivity contribution in [1.29, 1.82) is 0 Å². The normalized spacial score (nSPS) is 15.7. The number of anilines is 4. The summed E-state index contributed by atoms with van der Waals surface area (Å²) in [6.07, 6.45) is 3.30. The lowest BCUT2D eigenvalue weighted by Crippen LogP contribution is -2.45. The van der Waals surface area contributed by atoms with Crippen LogP contribution >= 0.6 is 11.6 Å². The number of likely N-dealkylation sites (N-methyl/N-ethyl adjacent to an activating group) is 1. The van der Waals surface area contributed by atoms with Crippen LogP contribution < -0.4 is 20.7 Å². The van der Waals surface area contributed by atoms with Crippen molar-refractivity contribution in [3.8, 4) is 5.75 Å². The van der Waals surface area contributed by atoms with E-state index in [0.29, 0.717) is 33.7 Å². The fourth-order valence-corrected chi connectivity index (χ4v) is 4.77. The number of amides is 1. The number of piperazine rings is 1. The van der Waals surface area contributed by atoms with Crippen LogP contribution in [-0.4, -0.2) is 60.5 Å². The number of pyridine rings is 1. The van der Waals surface area contributed by atoms with Gasteiger partial charge >= 0.3 is 0 Å². The first-order valence-electron chi connectivity index (χ1n) is 12.4. The Balaban J connectivity index is 1.36. The van der Waals surface area contributed by atoms with Crippen LogP contribution in [0.2, 0.25) is 5.02 Å². The van der Waals surface area contributed by atoms with Gasteiger partial charge < -0.3 is 20.3 Å². The molecule has 1 saturated heterocycles. The van der Waals surface area contributed by atoms with E-state index in [1.54, 1.807) is 31.4 Å². The van der Waals surface area contributed by atoms with Gasteiger partial charge in [0.15, 0.2) is 0 Å². The lowest BCUT2D eigenvalue weighted by molar-refractivity contribution is 0.0965. The third kappa shape index (κ3) is 5.88. The number of nitrogens with one attached hydrogen (secondary N) is 2. The molecule has 0 saturated carbocycles. The van der Waals surface area contributed by atoms with E-state index in [1.165, 1.54) is 11.8 Å². The molecule has 1 amide bonds. The van der Waals surface area contributed by atoms with Crippen molar-refractivity contribution >= 4 is 46.6 Å². The van der Waals surface area contributed by atoms with Gasteiger partial charge in [-0.05, 0) is 60.1 Å². The van der Waals surface area contributed by atoms with Gasteiger partial charge in [0.1, 0.15) is 17.4 Å². The molecule has 0 unspecified atom stereocenters. The number of aromatic nitrogens is 1. The highest BCUT2D eigenvalue weighted by Crippen LogP contribution is 2.33. The van der Waals surface area contributed by atoms with Gasteiger partial charge in [0.05, 0.1) is 18.4 Å². The summed E-state index contributed by atoms with van der Waals surface area (Å²) in [5.41, 5.74) is 3.93. The van der Waals surface area contributed by atoms with Gasteiger partial charge in [-0.1, -0.05) is 30.7 Å². The molecular weight excluding hydrogens is 488 g/mol. The standard InChI is InChI=1S/C28H30ClN6O2/c1-3-34-12-14-35(15-13-34)18-19-4-7-22(8-5-19)31-27-26-20(10-11-30-28(26)36)16-25(33-27)32-23-17-21(29)6-9-24(23)37-2/h4-11,16-17H,3,12-15,18H2,1-2H3,(H2,31,32,33). The molecule has 1 aromatic heterocycles. The molecule has 2 N–H and O–H groups in total. The Morgan fingerprint density at radius 3 is 2.49 bits per heavy atom. The molecule has 2 aliphatic rings. The highest BCUT2D eigenvalue weighted by molar-refractivity contribution is 6.31. The van der Waals surface area contributed by atoms with Crippen LogP contribution in [0.15, 0.2) is 54.7 Å². The molecule has 5 rings (SSSR count). The van der Waals surface area contributed by atoms with Crippen molar-refractivity contribution in [2.45, 2.75) is 13.5 Å². The lowest BCUT2D eigenvalue weighted by atomic mass is 10.1. The molecule has 9 heteroatoms. The van der Waals surface area contributed by atoms with Crippen molar-refractivity contribution in [3.63, 3.8) is 0 Å². The van der Waals surface area contributed by atoms with Gasteiger partial charge in [-0.3, -0.25) is 9.69 Å². The van der Waals surface area contributed by atoms with Crippen LogP contribution in [0.3, 0.4) is 0 Å². The second-order valence-electron chi connectivity index (χ2n) is 9.07. The molecule has 1 radical (unpaired) electrons. The average Bonchev–Trinajstić information content (AvgIpc) is 2.90. The third-order valence-corrected chi connectivity index (χ3v) is 6.90. The van der Waals surface area contributed by atoms with E-state index in [2.05, 4.69) is 44.8 Å². The molecule has 8 nitrogen and oxygen atoms in total. The summed E-state index contributed by atoms with van der Waals surface area (Å²) >= 11 is 6.20. The van der Waals surface area contributed by atoms with Crippen molar-refractivity contribution in [1.82, 2.24) is 20.1 Å². The van der Waals surface area contributed by atoms with Gasteiger partial charge in [0.2, 0.25) is 0 Å². The Labute approximate surface area is 222 Å². The first-order chi connectivity index (χ1) is 18.0. The fourth-order valence-electron chi connectivity index (χ4n) is 4.59. The molecule has 2 aromatic carbocycles. The topological polar surface area (TPSA) is 83.8 Å². The number of ether oxygens (including phenoxy) is 1. The third-order valence-electron chi connectivity index (χ3n) is 6.67. The van der Waals surface area contributed by atoms with E-state index in [4.69, 9.17) is 21.3 Å². The van der Waals surface area contributed by atoms with Crippen molar-refractivity contribution in [2.75, 3.05) is 50.5 Å². The zero-order valence-corrected chi connectivity index (χ0v) is 21.8. The molecule has 191 valence electrons. The van der Waals surface area contributed by atoms with Crippen LogP contribution in [0.5, 0.6) is 5.75 Å². The number of halogens is 1. The minimum absolute atomic E-state index is 0.331. The summed E-state index contributed by atoms with van der Waals surface area (Å²) in [5, 5.41) is 11.1. The zero-order valence-electron chi connectivity index (χ0n) is 21.0. The van der Waals surface area contributed by atoms with E-state index in [1.807, 2.05) is 18.2 Å². The SMILES string of the molecule is CCN1CCN(Cc2ccc(Nc3nc(Nc4cc(Cl)ccc4OC)cc4c3C(=O)[N]C=C4)cc2)CC1. The summed E-state index contributed by atoms with van der Waals surface area (Å²) in [6.45, 7) is 8.65. The largest absolute Gasteiger partial charge is 0.495 e. The summed E-state index contributed by atoms with van der Waals surface area (Å²) < 4.78 is 5.45. The van der Waals surface area contributed by atoms with E-state index in [9.17, 15) is 4.79 Å². The van der Waals surface area contributed by atoms with Crippen LogP contribution in [0.1, 0.15) is 28.4 Å². The fraction of sp³-hybridized carbons (Fsp3) is 0.286. The summed E-state index contributed by atoms with van der Waals surface area (Å²) in [7, 11) is 1.60. The molecule has 0 atom stereocenters. The Morgan fingerprint density at radius 2 is 1.76 bits per heavy atom. The van der Waals surface area contributed by atoms with Crippen LogP contribution in [0.4, 0.5) is 23.0 Å². The number of rotatable bonds is 8. The molecule has 0 spiro atoms. The van der Waals surface area contributed by atoms with Crippen LogP contribution in [0, 0.1) is 0 Å². The number of methoxy groups -OCH3 is 1. The number of carbonyl (C=O) groups is 1. The number of fused-ring (bicyclic) bond motifs is 1. The number of carbonyl (C=O) groups excluding carboxylic acids is 1. The first kappa shape index (κ1) is 25.1. The summed E-state index contributed by atoms with van der Waals surface area (Å²) in [6, 6.07) is 15.4. The molecule has 37 heavy (non-hydrogen) atoms. The molecule has 0 aliphatic carbocycles. The monoisotopic (exact) mass is 517 g/mol. The second kappa shape index (κ2) is 11.2. The predicted octanol–water partition coefficient (Wildman–Crippen LogP) is 5.10. The van der Waals surface area contributed by atoms with Crippen LogP contribution in [-0.2, 0) is 6.54 Å². The van der Waals surface area contributed by atoms with Gasteiger partial charge in [0, 0.05) is 49.6 Å². The minimum atomic E-state index is -0.331. The first-order valence-corrected chi connectivity index (χ1v) is 12.8. The van der Waals surface area contributed by atoms with E-state index in [-0.39, 0.29) is 5.91 Å². The van der Waals surface area contributed by atoms with Crippen molar-refractivity contribution < 1.29 is 9.53 Å². The summed E-state index contributed by atoms with van der Waals surface area (Å²) in [5.74, 6) is 1.28. The quantitative estimate of drug-likeness (QED) is 0.430. The van der Waals surface area contributed by atoms with Crippen molar-refractivity contribution in [2.24, 2.45) is 0 Å². The van der Waals surface area contributed by atoms with Gasteiger partial charge in [-0.15, -0.1) is 0 Å². The van der Waals surface area contributed by atoms with Gasteiger partial charge in [-0.2, -0.15) is 0 Å². The Hall–Kier alpha value is -3.59. The van der Waals surface area contributed by atoms with Crippen LogP contribution in [0.25, 0.3) is 6.08 Å². The zero-order chi connectivity index (χ0) is 25.8. The molecular formula is C28H30ClN6O2. The maximum atomic E-state index is 12.7. The number of hydrogen-bond acceptors (Lipinski definition) is 7. The Morgan fingerprint density at radius 1 is 1.00 bits per heavy atom. The van der Waals surface area contributed by atoms with Crippen molar-refractivity contribution in [3.05, 3.63) is 76.4 Å². The smallest absolute Gasteiger partial charge is 0.281 e. The number of nitrogens with zero attached hydrogens (tertiary/aromatic N) is 4. The Kier molecular flexibility index (Phi) is 7.60. The van der Waals surface area contributed by atoms with Gasteiger partial charge in [-0.25, -0.2) is 10.3 Å². The second-order valence-corrected chi connectivity index (χ2v) is 9.51. The molecule has 1 fully saturated rings. The molecule has 3 heterocycles. The minimum Gasteiger partial charge on any atom is -0.495 e. The van der Waals surface area contributed by atoms with E-state index in [0.717, 1.165) is 50.5 Å². The lowest BCUT2D eigenvalue weighted by Gasteiger charge is -2.34. The number of benzene rings is 2. The molecule has 2 aliphatic heterocycles.